The molecule has 0 aliphatic rings. The Morgan fingerprint density at radius 3 is 2.47 bits per heavy atom. The van der Waals surface area contributed by atoms with Gasteiger partial charge in [0.2, 0.25) is 0 Å². The van der Waals surface area contributed by atoms with Gasteiger partial charge in [-0.2, -0.15) is 0 Å². The van der Waals surface area contributed by atoms with E-state index in [1.807, 2.05) is 42.5 Å². The van der Waals surface area contributed by atoms with Gasteiger partial charge in [-0.15, -0.1) is 11.6 Å². The highest BCUT2D eigenvalue weighted by Gasteiger charge is 2.07. The van der Waals surface area contributed by atoms with E-state index in [1.165, 1.54) is 0 Å². The van der Waals surface area contributed by atoms with Gasteiger partial charge < -0.3 is 5.11 Å². The van der Waals surface area contributed by atoms with E-state index < -0.39 is 0 Å². The van der Waals surface area contributed by atoms with Gasteiger partial charge in [-0.1, -0.05) is 42.5 Å². The summed E-state index contributed by atoms with van der Waals surface area (Å²) in [4.78, 5) is 0. The summed E-state index contributed by atoms with van der Waals surface area (Å²) in [5.74, 6) is 0.313. The minimum Gasteiger partial charge on any atom is -0.508 e. The lowest BCUT2D eigenvalue weighted by Crippen LogP contribution is -1.93. The molecule has 0 aliphatic heterocycles. The van der Waals surface area contributed by atoms with E-state index in [9.17, 15) is 5.11 Å². The van der Waals surface area contributed by atoms with Crippen LogP contribution in [0.4, 0.5) is 0 Å². The summed E-state index contributed by atoms with van der Waals surface area (Å²) in [5.41, 5.74) is 2.26. The molecule has 1 N–H and O–H groups in total. The fourth-order valence-corrected chi connectivity index (χ4v) is 2.09. The minimum absolute atomic E-state index is 0.0264. The van der Waals surface area contributed by atoms with Crippen LogP contribution in [-0.2, 0) is 6.42 Å². The Balaban J connectivity index is 1.95. The number of rotatable bonds is 4. The van der Waals surface area contributed by atoms with Crippen molar-refractivity contribution in [3.63, 3.8) is 0 Å². The first-order valence-corrected chi connectivity index (χ1v) is 6.16. The lowest BCUT2D eigenvalue weighted by molar-refractivity contribution is 0.474. The van der Waals surface area contributed by atoms with Gasteiger partial charge in [-0.25, -0.2) is 0 Å². The number of aryl methyl sites for hydroxylation is 1. The van der Waals surface area contributed by atoms with E-state index >= 15 is 0 Å². The van der Waals surface area contributed by atoms with Crippen molar-refractivity contribution in [3.05, 3.63) is 65.7 Å². The summed E-state index contributed by atoms with van der Waals surface area (Å²) < 4.78 is 0. The van der Waals surface area contributed by atoms with Crippen molar-refractivity contribution in [3.8, 4) is 5.75 Å². The van der Waals surface area contributed by atoms with Crippen molar-refractivity contribution in [2.24, 2.45) is 0 Å². The Labute approximate surface area is 107 Å². The van der Waals surface area contributed by atoms with E-state index in [1.54, 1.807) is 12.1 Å². The van der Waals surface area contributed by atoms with Gasteiger partial charge in [0.1, 0.15) is 5.75 Å². The highest BCUT2D eigenvalue weighted by atomic mass is 35.5. The Bertz CT molecular complexity index is 467. The molecule has 0 heterocycles. The largest absolute Gasteiger partial charge is 0.508 e. The molecule has 2 rings (SSSR count). The van der Waals surface area contributed by atoms with Crippen LogP contribution in [0.3, 0.4) is 0 Å². The van der Waals surface area contributed by atoms with Gasteiger partial charge in [-0.05, 0) is 36.1 Å². The Morgan fingerprint density at radius 1 is 1.00 bits per heavy atom. The van der Waals surface area contributed by atoms with Crippen LogP contribution >= 0.6 is 11.6 Å². The molecular weight excluding hydrogens is 232 g/mol. The van der Waals surface area contributed by atoms with Crippen molar-refractivity contribution < 1.29 is 5.11 Å². The minimum atomic E-state index is 0.0264. The van der Waals surface area contributed by atoms with Gasteiger partial charge in [0.15, 0.2) is 0 Å². The third-order valence-corrected chi connectivity index (χ3v) is 3.23. The molecular formula is C15H15ClO. The predicted molar refractivity (Wildman–Crippen MR) is 71.5 cm³/mol. The van der Waals surface area contributed by atoms with Crippen LogP contribution in [0.1, 0.15) is 22.9 Å². The van der Waals surface area contributed by atoms with E-state index in [0.29, 0.717) is 5.75 Å². The molecule has 0 bridgehead atoms. The molecule has 17 heavy (non-hydrogen) atoms. The third-order valence-electron chi connectivity index (χ3n) is 2.76. The first-order valence-electron chi connectivity index (χ1n) is 5.72. The molecule has 1 nitrogen and oxygen atoms in total. The first kappa shape index (κ1) is 12.0. The number of hydrogen-bond donors (Lipinski definition) is 1. The van der Waals surface area contributed by atoms with Crippen molar-refractivity contribution in [2.45, 2.75) is 18.2 Å². The van der Waals surface area contributed by atoms with Gasteiger partial charge in [0.05, 0.1) is 5.38 Å². The quantitative estimate of drug-likeness (QED) is 0.798. The van der Waals surface area contributed by atoms with Crippen LogP contribution in [0.2, 0.25) is 0 Å². The monoisotopic (exact) mass is 246 g/mol. The van der Waals surface area contributed by atoms with Crippen molar-refractivity contribution in [2.75, 3.05) is 0 Å². The Kier molecular flexibility index (Phi) is 4.05. The predicted octanol–water partition coefficient (Wildman–Crippen LogP) is 4.30. The SMILES string of the molecule is Oc1cccc(CCC(Cl)c2ccccc2)c1. The van der Waals surface area contributed by atoms with Gasteiger partial charge in [0.25, 0.3) is 0 Å². The molecule has 0 aliphatic carbocycles. The maximum atomic E-state index is 9.36. The molecule has 0 radical (unpaired) electrons. The number of aromatic hydroxyl groups is 1. The van der Waals surface area contributed by atoms with Crippen molar-refractivity contribution >= 4 is 11.6 Å². The van der Waals surface area contributed by atoms with Crippen molar-refractivity contribution in [1.82, 2.24) is 0 Å². The van der Waals surface area contributed by atoms with E-state index in [2.05, 4.69) is 0 Å². The van der Waals surface area contributed by atoms with Crippen LogP contribution in [0.25, 0.3) is 0 Å². The van der Waals surface area contributed by atoms with Gasteiger partial charge in [-0.3, -0.25) is 0 Å². The molecule has 0 spiro atoms. The zero-order valence-electron chi connectivity index (χ0n) is 9.51. The summed E-state index contributed by atoms with van der Waals surface area (Å²) in [7, 11) is 0. The summed E-state index contributed by atoms with van der Waals surface area (Å²) in [6.45, 7) is 0. The molecule has 88 valence electrons. The van der Waals surface area contributed by atoms with E-state index in [-0.39, 0.29) is 5.38 Å². The number of benzene rings is 2. The number of halogens is 1. The fraction of sp³-hybridized carbons (Fsp3) is 0.200. The van der Waals surface area contributed by atoms with Crippen LogP contribution in [0.5, 0.6) is 5.75 Å². The second-order valence-electron chi connectivity index (χ2n) is 4.09. The fourth-order valence-electron chi connectivity index (χ4n) is 1.83. The number of phenolic OH excluding ortho intramolecular Hbond substituents is 1. The van der Waals surface area contributed by atoms with Crippen LogP contribution in [0, 0.1) is 0 Å². The molecule has 0 aromatic heterocycles. The van der Waals surface area contributed by atoms with Crippen LogP contribution < -0.4 is 0 Å². The molecule has 0 amide bonds. The third kappa shape index (κ3) is 3.50. The molecule has 0 saturated heterocycles. The lowest BCUT2D eigenvalue weighted by Gasteiger charge is -2.09. The number of hydrogen-bond acceptors (Lipinski definition) is 1. The first-order chi connectivity index (χ1) is 8.25. The lowest BCUT2D eigenvalue weighted by atomic mass is 10.0. The molecule has 1 atom stereocenters. The van der Waals surface area contributed by atoms with Crippen molar-refractivity contribution in [1.29, 1.82) is 0 Å². The summed E-state index contributed by atoms with van der Waals surface area (Å²) in [6.07, 6.45) is 1.74. The van der Waals surface area contributed by atoms with Crippen LogP contribution in [-0.4, -0.2) is 5.11 Å². The highest BCUT2D eigenvalue weighted by Crippen LogP contribution is 2.26. The Morgan fingerprint density at radius 2 is 1.76 bits per heavy atom. The Hall–Kier alpha value is -1.47. The molecule has 0 fully saturated rings. The average molecular weight is 247 g/mol. The van der Waals surface area contributed by atoms with E-state index in [4.69, 9.17) is 11.6 Å². The normalized spacial score (nSPS) is 12.3. The van der Waals surface area contributed by atoms with Crippen LogP contribution in [0.15, 0.2) is 54.6 Å². The number of phenols is 1. The molecule has 0 saturated carbocycles. The number of alkyl halides is 1. The summed E-state index contributed by atoms with van der Waals surface area (Å²) in [6, 6.07) is 17.4. The zero-order valence-corrected chi connectivity index (χ0v) is 10.3. The second kappa shape index (κ2) is 5.74. The van der Waals surface area contributed by atoms with E-state index in [0.717, 1.165) is 24.0 Å². The second-order valence-corrected chi connectivity index (χ2v) is 4.61. The maximum Gasteiger partial charge on any atom is 0.115 e. The van der Waals surface area contributed by atoms with Gasteiger partial charge >= 0.3 is 0 Å². The van der Waals surface area contributed by atoms with Gasteiger partial charge in [0, 0.05) is 0 Å². The smallest absolute Gasteiger partial charge is 0.115 e. The summed E-state index contributed by atoms with van der Waals surface area (Å²) in [5, 5.41) is 9.39. The molecule has 2 aromatic carbocycles. The summed E-state index contributed by atoms with van der Waals surface area (Å²) >= 11 is 6.33. The highest BCUT2D eigenvalue weighted by molar-refractivity contribution is 6.20. The maximum absolute atomic E-state index is 9.36. The molecule has 1 unspecified atom stereocenters. The standard InChI is InChI=1S/C15H15ClO/c16-15(13-6-2-1-3-7-13)10-9-12-5-4-8-14(17)11-12/h1-8,11,15,17H,9-10H2. The topological polar surface area (TPSA) is 20.2 Å². The molecule has 2 aromatic rings. The molecule has 2 heteroatoms. The zero-order chi connectivity index (χ0) is 12.1. The average Bonchev–Trinajstić information content (AvgIpc) is 2.37.